The first-order chi connectivity index (χ1) is 11.0. The van der Waals surface area contributed by atoms with E-state index in [1.54, 1.807) is 18.2 Å². The van der Waals surface area contributed by atoms with Crippen LogP contribution in [0.3, 0.4) is 0 Å². The fourth-order valence-corrected chi connectivity index (χ4v) is 3.75. The molecule has 0 amide bonds. The molecule has 4 nitrogen and oxygen atoms in total. The lowest BCUT2D eigenvalue weighted by atomic mass is 10.1. The maximum atomic E-state index is 14.1. The van der Waals surface area contributed by atoms with Crippen LogP contribution in [0.2, 0.25) is 0 Å². The molecule has 2 aromatic heterocycles. The third-order valence-electron chi connectivity index (χ3n) is 3.34. The highest BCUT2D eigenvalue weighted by molar-refractivity contribution is 7.90. The summed E-state index contributed by atoms with van der Waals surface area (Å²) in [6.07, 6.45) is 4.13. The maximum Gasteiger partial charge on any atom is 0.269 e. The Morgan fingerprint density at radius 3 is 2.54 bits per heavy atom. The molecule has 0 unspecified atom stereocenters. The first-order valence-corrected chi connectivity index (χ1v) is 8.69. The predicted molar refractivity (Wildman–Crippen MR) is 93.5 cm³/mol. The Labute approximate surface area is 150 Å². The van der Waals surface area contributed by atoms with Crippen molar-refractivity contribution in [2.45, 2.75) is 10.8 Å². The minimum Gasteiger partial charge on any atom is -0.263 e. The van der Waals surface area contributed by atoms with Crippen LogP contribution in [0.15, 0.2) is 66.0 Å². The topological polar surface area (TPSA) is 52.0 Å². The summed E-state index contributed by atoms with van der Waals surface area (Å²) in [4.78, 5) is 3.85. The number of hydrogen-bond donors (Lipinski definition) is 0. The molecule has 0 atom stereocenters. The molecule has 0 spiro atoms. The zero-order chi connectivity index (χ0) is 16.4. The SMILES string of the molecule is Cl.O=S(=O)(c1cccnc1)n1cc(CCl)cc1-c1ccccc1F. The number of nitrogens with zero attached hydrogens (tertiary/aromatic N) is 2. The van der Waals surface area contributed by atoms with E-state index >= 15 is 0 Å². The molecule has 0 saturated carbocycles. The number of pyridine rings is 1. The van der Waals surface area contributed by atoms with E-state index in [9.17, 15) is 12.8 Å². The van der Waals surface area contributed by atoms with E-state index in [0.717, 1.165) is 3.97 Å². The molecule has 0 aliphatic heterocycles. The van der Waals surface area contributed by atoms with Gasteiger partial charge in [0.15, 0.2) is 0 Å². The molecule has 0 fully saturated rings. The number of alkyl halides is 1. The highest BCUT2D eigenvalue weighted by Gasteiger charge is 2.23. The van der Waals surface area contributed by atoms with E-state index in [2.05, 4.69) is 4.98 Å². The lowest BCUT2D eigenvalue weighted by Crippen LogP contribution is -2.13. The summed E-state index contributed by atoms with van der Waals surface area (Å²) in [5.41, 5.74) is 0.997. The van der Waals surface area contributed by atoms with Gasteiger partial charge in [-0.15, -0.1) is 24.0 Å². The molecule has 0 N–H and O–H groups in total. The molecular formula is C16H13Cl2FN2O2S. The molecule has 1 aromatic carbocycles. The van der Waals surface area contributed by atoms with Gasteiger partial charge in [0.25, 0.3) is 10.0 Å². The minimum absolute atomic E-state index is 0. The molecule has 8 heteroatoms. The second kappa shape index (κ2) is 7.34. The summed E-state index contributed by atoms with van der Waals surface area (Å²) in [5, 5.41) is 0. The van der Waals surface area contributed by atoms with Crippen molar-refractivity contribution in [2.75, 3.05) is 0 Å². The van der Waals surface area contributed by atoms with Crippen molar-refractivity contribution in [3.8, 4) is 11.3 Å². The van der Waals surface area contributed by atoms with Gasteiger partial charge in [0.2, 0.25) is 0 Å². The monoisotopic (exact) mass is 386 g/mol. The van der Waals surface area contributed by atoms with Gasteiger partial charge < -0.3 is 0 Å². The Morgan fingerprint density at radius 1 is 1.17 bits per heavy atom. The van der Waals surface area contributed by atoms with Gasteiger partial charge in [0.05, 0.1) is 5.69 Å². The molecule has 0 radical (unpaired) electrons. The number of benzene rings is 1. The molecule has 24 heavy (non-hydrogen) atoms. The summed E-state index contributed by atoms with van der Waals surface area (Å²) < 4.78 is 40.8. The molecule has 3 rings (SSSR count). The third-order valence-corrected chi connectivity index (χ3v) is 5.30. The first kappa shape index (κ1) is 18.4. The van der Waals surface area contributed by atoms with Crippen LogP contribution in [0, 0.1) is 5.82 Å². The van der Waals surface area contributed by atoms with Crippen LogP contribution in [0.25, 0.3) is 11.3 Å². The van der Waals surface area contributed by atoms with E-state index in [-0.39, 0.29) is 34.4 Å². The number of aromatic nitrogens is 2. The van der Waals surface area contributed by atoms with Crippen molar-refractivity contribution in [3.63, 3.8) is 0 Å². The summed E-state index contributed by atoms with van der Waals surface area (Å²) in [7, 11) is -3.89. The van der Waals surface area contributed by atoms with Gasteiger partial charge in [-0.2, -0.15) is 0 Å². The first-order valence-electron chi connectivity index (χ1n) is 6.72. The van der Waals surface area contributed by atoms with Crippen molar-refractivity contribution in [2.24, 2.45) is 0 Å². The molecule has 3 aromatic rings. The van der Waals surface area contributed by atoms with Crippen LogP contribution in [-0.4, -0.2) is 17.4 Å². The number of halogens is 3. The van der Waals surface area contributed by atoms with Crippen LogP contribution in [0.5, 0.6) is 0 Å². The van der Waals surface area contributed by atoms with Crippen LogP contribution in [0.1, 0.15) is 5.56 Å². The fourth-order valence-electron chi connectivity index (χ4n) is 2.25. The van der Waals surface area contributed by atoms with Gasteiger partial charge in [0.1, 0.15) is 10.7 Å². The molecule has 0 saturated heterocycles. The summed E-state index contributed by atoms with van der Waals surface area (Å²) in [6, 6.07) is 10.5. The second-order valence-electron chi connectivity index (χ2n) is 4.84. The smallest absolute Gasteiger partial charge is 0.263 e. The van der Waals surface area contributed by atoms with Crippen LogP contribution < -0.4 is 0 Å². The van der Waals surface area contributed by atoms with Crippen molar-refractivity contribution in [1.29, 1.82) is 0 Å². The van der Waals surface area contributed by atoms with Gasteiger partial charge in [-0.25, -0.2) is 16.8 Å². The average Bonchev–Trinajstić information content (AvgIpc) is 3.01. The minimum atomic E-state index is -3.89. The van der Waals surface area contributed by atoms with Crippen molar-refractivity contribution in [1.82, 2.24) is 8.96 Å². The zero-order valence-electron chi connectivity index (χ0n) is 12.3. The van der Waals surface area contributed by atoms with Gasteiger partial charge in [-0.1, -0.05) is 12.1 Å². The van der Waals surface area contributed by atoms with Crippen LogP contribution in [-0.2, 0) is 15.9 Å². The van der Waals surface area contributed by atoms with Gasteiger partial charge in [-0.05, 0) is 35.9 Å². The molecule has 0 bridgehead atoms. The highest BCUT2D eigenvalue weighted by atomic mass is 35.5. The highest BCUT2D eigenvalue weighted by Crippen LogP contribution is 2.29. The van der Waals surface area contributed by atoms with Crippen molar-refractivity contribution < 1.29 is 12.8 Å². The third kappa shape index (κ3) is 3.31. The lowest BCUT2D eigenvalue weighted by molar-refractivity contribution is 0.587. The van der Waals surface area contributed by atoms with Gasteiger partial charge in [-0.3, -0.25) is 4.98 Å². The van der Waals surface area contributed by atoms with E-state index in [1.165, 1.54) is 42.9 Å². The molecular weight excluding hydrogens is 374 g/mol. The van der Waals surface area contributed by atoms with E-state index in [4.69, 9.17) is 11.6 Å². The van der Waals surface area contributed by atoms with Crippen molar-refractivity contribution >= 4 is 34.0 Å². The van der Waals surface area contributed by atoms with Gasteiger partial charge >= 0.3 is 0 Å². The Balaban J connectivity index is 0.00000208. The lowest BCUT2D eigenvalue weighted by Gasteiger charge is -2.10. The van der Waals surface area contributed by atoms with Crippen LogP contribution in [0.4, 0.5) is 4.39 Å². The predicted octanol–water partition coefficient (Wildman–Crippen LogP) is 4.09. The van der Waals surface area contributed by atoms with E-state index < -0.39 is 15.8 Å². The average molecular weight is 387 g/mol. The number of rotatable bonds is 4. The standard InChI is InChI=1S/C16H12ClFN2O2S.ClH/c17-9-12-8-16(14-5-1-2-6-15(14)18)20(11-12)23(21,22)13-4-3-7-19-10-13;/h1-8,10-11H,9H2;1H. The molecule has 0 aliphatic rings. The molecule has 2 heterocycles. The summed E-state index contributed by atoms with van der Waals surface area (Å²) in [6.45, 7) is 0. The van der Waals surface area contributed by atoms with E-state index in [1.807, 2.05) is 0 Å². The Kier molecular flexibility index (Phi) is 5.64. The van der Waals surface area contributed by atoms with Gasteiger partial charge in [0, 0.05) is 30.0 Å². The largest absolute Gasteiger partial charge is 0.269 e. The zero-order valence-corrected chi connectivity index (χ0v) is 14.7. The normalized spacial score (nSPS) is 11.1. The van der Waals surface area contributed by atoms with E-state index in [0.29, 0.717) is 5.56 Å². The quantitative estimate of drug-likeness (QED) is 0.634. The Morgan fingerprint density at radius 2 is 1.92 bits per heavy atom. The Hall–Kier alpha value is -1.89. The Bertz CT molecular complexity index is 944. The molecule has 126 valence electrons. The fraction of sp³-hybridized carbons (Fsp3) is 0.0625. The van der Waals surface area contributed by atoms with Crippen LogP contribution >= 0.6 is 24.0 Å². The maximum absolute atomic E-state index is 14.1. The van der Waals surface area contributed by atoms with Crippen molar-refractivity contribution in [3.05, 3.63) is 72.4 Å². The number of hydrogen-bond acceptors (Lipinski definition) is 3. The molecule has 0 aliphatic carbocycles. The summed E-state index contributed by atoms with van der Waals surface area (Å²) >= 11 is 5.82. The summed E-state index contributed by atoms with van der Waals surface area (Å²) in [5.74, 6) is -0.383. The second-order valence-corrected chi connectivity index (χ2v) is 6.92.